The smallest absolute Gasteiger partial charge is 0.232 e. The molecule has 0 bridgehead atoms. The van der Waals surface area contributed by atoms with E-state index in [0.717, 1.165) is 6.54 Å². The lowest BCUT2D eigenvalue weighted by Crippen LogP contribution is -2.32. The Morgan fingerprint density at radius 2 is 1.38 bits per heavy atom. The maximum absolute atomic E-state index is 11.2. The molecule has 1 atom stereocenters. The van der Waals surface area contributed by atoms with Crippen molar-refractivity contribution >= 4 is 18.5 Å². The molecule has 0 heterocycles. The molecule has 0 rings (SSSR count). The highest BCUT2D eigenvalue weighted by molar-refractivity contribution is 7.81. The molecule has 0 fully saturated rings. The molecule has 0 aliphatic heterocycles. The lowest BCUT2D eigenvalue weighted by atomic mass is 10.4. The van der Waals surface area contributed by atoms with Crippen LogP contribution in [0.1, 0.15) is 20.8 Å². The average molecular weight is 322 g/mol. The molecule has 0 radical (unpaired) electrons. The number of carbonyl (C=O) groups excluding carboxylic acids is 1. The Morgan fingerprint density at radius 1 is 0.905 bits per heavy atom. The maximum Gasteiger partial charge on any atom is 0.232 e. The van der Waals surface area contributed by atoms with Crippen molar-refractivity contribution in [1.82, 2.24) is 10.6 Å². The molecule has 6 nitrogen and oxygen atoms in total. The van der Waals surface area contributed by atoms with Gasteiger partial charge in [-0.05, 0) is 6.92 Å². The first-order valence-electron chi connectivity index (χ1n) is 7.46. The van der Waals surface area contributed by atoms with Crippen molar-refractivity contribution in [3.8, 4) is 0 Å². The van der Waals surface area contributed by atoms with Crippen LogP contribution in [0, 0.1) is 0 Å². The zero-order valence-electron chi connectivity index (χ0n) is 13.4. The summed E-state index contributed by atoms with van der Waals surface area (Å²) >= 11 is 4.03. The molecule has 126 valence electrons. The molecule has 0 aliphatic carbocycles. The predicted octanol–water partition coefficient (Wildman–Crippen LogP) is 0.469. The van der Waals surface area contributed by atoms with Gasteiger partial charge >= 0.3 is 0 Å². The number of carbonyl (C=O) groups is 1. The van der Waals surface area contributed by atoms with Crippen LogP contribution in [-0.4, -0.2) is 69.9 Å². The van der Waals surface area contributed by atoms with E-state index in [1.54, 1.807) is 6.92 Å². The standard InChI is InChI=1S/C14H30N2O4S/c1-12(2)15-4-6-18-8-10-20-11-9-19-7-5-16-14(17)13(3)21/h12-13,15,21H,4-11H2,1-3H3,(H,16,17). The van der Waals surface area contributed by atoms with Crippen LogP contribution >= 0.6 is 12.6 Å². The molecule has 0 aromatic carbocycles. The molecule has 21 heavy (non-hydrogen) atoms. The Bertz CT molecular complexity index is 253. The summed E-state index contributed by atoms with van der Waals surface area (Å²) in [5, 5.41) is 5.70. The largest absolute Gasteiger partial charge is 0.378 e. The number of rotatable bonds is 14. The highest BCUT2D eigenvalue weighted by Gasteiger charge is 2.05. The second-order valence-electron chi connectivity index (χ2n) is 4.91. The van der Waals surface area contributed by atoms with Crippen LogP contribution < -0.4 is 10.6 Å². The van der Waals surface area contributed by atoms with Crippen molar-refractivity contribution in [2.24, 2.45) is 0 Å². The number of ether oxygens (including phenoxy) is 3. The molecule has 0 aliphatic rings. The highest BCUT2D eigenvalue weighted by Crippen LogP contribution is 1.90. The van der Waals surface area contributed by atoms with E-state index in [1.165, 1.54) is 0 Å². The van der Waals surface area contributed by atoms with Gasteiger partial charge in [0.15, 0.2) is 0 Å². The molecular weight excluding hydrogens is 292 g/mol. The van der Waals surface area contributed by atoms with E-state index < -0.39 is 0 Å². The first kappa shape index (κ1) is 20.7. The van der Waals surface area contributed by atoms with Gasteiger partial charge < -0.3 is 24.8 Å². The molecule has 7 heteroatoms. The van der Waals surface area contributed by atoms with Gasteiger partial charge in [0.1, 0.15) is 0 Å². The van der Waals surface area contributed by atoms with Gasteiger partial charge in [-0.15, -0.1) is 0 Å². The fourth-order valence-electron chi connectivity index (χ4n) is 1.36. The van der Waals surface area contributed by atoms with Gasteiger partial charge in [0.05, 0.1) is 44.9 Å². The Hall–Kier alpha value is -0.340. The van der Waals surface area contributed by atoms with Crippen LogP contribution in [0.3, 0.4) is 0 Å². The van der Waals surface area contributed by atoms with Crippen LogP contribution in [0.25, 0.3) is 0 Å². The zero-order chi connectivity index (χ0) is 15.9. The van der Waals surface area contributed by atoms with Crippen molar-refractivity contribution in [1.29, 1.82) is 0 Å². The quantitative estimate of drug-likeness (QED) is 0.320. The Balaban J connectivity index is 3.08. The number of amides is 1. The van der Waals surface area contributed by atoms with Gasteiger partial charge in [-0.3, -0.25) is 4.79 Å². The van der Waals surface area contributed by atoms with Gasteiger partial charge in [-0.2, -0.15) is 12.6 Å². The normalized spacial score (nSPS) is 12.6. The van der Waals surface area contributed by atoms with Crippen LogP contribution in [-0.2, 0) is 19.0 Å². The molecule has 0 aromatic rings. The minimum atomic E-state index is -0.288. The summed E-state index contributed by atoms with van der Waals surface area (Å²) in [4.78, 5) is 11.2. The van der Waals surface area contributed by atoms with Crippen LogP contribution in [0.5, 0.6) is 0 Å². The monoisotopic (exact) mass is 322 g/mol. The predicted molar refractivity (Wildman–Crippen MR) is 87.1 cm³/mol. The first-order valence-corrected chi connectivity index (χ1v) is 7.98. The molecule has 0 saturated carbocycles. The minimum absolute atomic E-state index is 0.0812. The van der Waals surface area contributed by atoms with Crippen molar-refractivity contribution in [2.75, 3.05) is 52.7 Å². The lowest BCUT2D eigenvalue weighted by Gasteiger charge is -2.09. The Morgan fingerprint density at radius 3 is 1.86 bits per heavy atom. The summed E-state index contributed by atoms with van der Waals surface area (Å²) in [6.45, 7) is 10.7. The average Bonchev–Trinajstić information content (AvgIpc) is 2.43. The fourth-order valence-corrected chi connectivity index (χ4v) is 1.45. The summed E-state index contributed by atoms with van der Waals surface area (Å²) in [7, 11) is 0. The molecule has 1 amide bonds. The third-order valence-corrected chi connectivity index (χ3v) is 2.70. The summed E-state index contributed by atoms with van der Waals surface area (Å²) < 4.78 is 16.1. The lowest BCUT2D eigenvalue weighted by molar-refractivity contribution is -0.120. The summed E-state index contributed by atoms with van der Waals surface area (Å²) in [5.74, 6) is -0.0812. The summed E-state index contributed by atoms with van der Waals surface area (Å²) in [6.07, 6.45) is 0. The second kappa shape index (κ2) is 14.6. The summed E-state index contributed by atoms with van der Waals surface area (Å²) in [5.41, 5.74) is 0. The van der Waals surface area contributed by atoms with E-state index in [0.29, 0.717) is 52.2 Å². The van der Waals surface area contributed by atoms with Crippen molar-refractivity contribution in [3.05, 3.63) is 0 Å². The number of nitrogens with one attached hydrogen (secondary N) is 2. The Labute approximate surface area is 133 Å². The van der Waals surface area contributed by atoms with E-state index in [2.05, 4.69) is 37.1 Å². The van der Waals surface area contributed by atoms with E-state index in [4.69, 9.17) is 14.2 Å². The van der Waals surface area contributed by atoms with E-state index in [1.807, 2.05) is 0 Å². The van der Waals surface area contributed by atoms with Gasteiger partial charge in [0, 0.05) is 19.1 Å². The summed E-state index contributed by atoms with van der Waals surface area (Å²) in [6, 6.07) is 0.489. The highest BCUT2D eigenvalue weighted by atomic mass is 32.1. The SMILES string of the molecule is CC(C)NCCOCCOCCOCCNC(=O)C(C)S. The third-order valence-electron chi connectivity index (χ3n) is 2.47. The second-order valence-corrected chi connectivity index (χ2v) is 5.69. The molecule has 2 N–H and O–H groups in total. The number of hydrogen-bond donors (Lipinski definition) is 3. The van der Waals surface area contributed by atoms with Crippen LogP contribution in [0.15, 0.2) is 0 Å². The van der Waals surface area contributed by atoms with Crippen molar-refractivity contribution < 1.29 is 19.0 Å². The van der Waals surface area contributed by atoms with Gasteiger partial charge in [0.2, 0.25) is 5.91 Å². The zero-order valence-corrected chi connectivity index (χ0v) is 14.3. The molecule has 1 unspecified atom stereocenters. The van der Waals surface area contributed by atoms with Gasteiger partial charge in [-0.1, -0.05) is 13.8 Å². The molecule has 0 saturated heterocycles. The topological polar surface area (TPSA) is 68.8 Å². The van der Waals surface area contributed by atoms with E-state index in [-0.39, 0.29) is 11.2 Å². The number of thiol groups is 1. The maximum atomic E-state index is 11.2. The van der Waals surface area contributed by atoms with Crippen molar-refractivity contribution in [3.63, 3.8) is 0 Å². The third kappa shape index (κ3) is 15.9. The number of hydrogen-bond acceptors (Lipinski definition) is 6. The fraction of sp³-hybridized carbons (Fsp3) is 0.929. The van der Waals surface area contributed by atoms with E-state index in [9.17, 15) is 4.79 Å². The first-order chi connectivity index (χ1) is 10.0. The van der Waals surface area contributed by atoms with E-state index >= 15 is 0 Å². The molecular formula is C14H30N2O4S. The Kier molecular flexibility index (Phi) is 14.4. The minimum Gasteiger partial charge on any atom is -0.378 e. The molecule has 0 aromatic heterocycles. The van der Waals surface area contributed by atoms with Crippen molar-refractivity contribution in [2.45, 2.75) is 32.1 Å². The van der Waals surface area contributed by atoms with Crippen LogP contribution in [0.2, 0.25) is 0 Å². The van der Waals surface area contributed by atoms with Crippen LogP contribution in [0.4, 0.5) is 0 Å². The van der Waals surface area contributed by atoms with Gasteiger partial charge in [-0.25, -0.2) is 0 Å². The molecule has 0 spiro atoms. The van der Waals surface area contributed by atoms with Gasteiger partial charge in [0.25, 0.3) is 0 Å².